The quantitative estimate of drug-likeness (QED) is 0.756. The molecule has 2 rings (SSSR count). The van der Waals surface area contributed by atoms with E-state index in [1.54, 1.807) is 0 Å². The molecule has 0 spiro atoms. The largest absolute Gasteiger partial charge is 0.417 e. The van der Waals surface area contributed by atoms with Crippen LogP contribution >= 0.6 is 11.6 Å². The summed E-state index contributed by atoms with van der Waals surface area (Å²) in [6, 6.07) is 4.46. The lowest BCUT2D eigenvalue weighted by molar-refractivity contribution is -0.138. The van der Waals surface area contributed by atoms with Crippen LogP contribution in [0.4, 0.5) is 32.2 Å². The highest BCUT2D eigenvalue weighted by atomic mass is 35.5. The minimum atomic E-state index is -4.77. The van der Waals surface area contributed by atoms with Gasteiger partial charge in [-0.05, 0) is 18.2 Å². The van der Waals surface area contributed by atoms with Crippen molar-refractivity contribution in [1.29, 1.82) is 0 Å². The number of pyridine rings is 1. The minimum absolute atomic E-state index is 0.414. The highest BCUT2D eigenvalue weighted by molar-refractivity contribution is 6.33. The van der Waals surface area contributed by atoms with Crippen LogP contribution in [0.2, 0.25) is 5.02 Å². The number of amides is 1. The maximum Gasteiger partial charge on any atom is 0.417 e. The van der Waals surface area contributed by atoms with Gasteiger partial charge in [-0.25, -0.2) is 4.98 Å². The van der Waals surface area contributed by atoms with Gasteiger partial charge in [0.25, 0.3) is 5.91 Å². The number of carbonyl (C=O) groups excluding carboxylic acids is 1. The molecule has 0 fully saturated rings. The first-order valence-corrected chi connectivity index (χ1v) is 6.58. The summed E-state index contributed by atoms with van der Waals surface area (Å²) in [6.07, 6.45) is -9.05. The highest BCUT2D eigenvalue weighted by Crippen LogP contribution is 2.34. The Hall–Kier alpha value is -2.29. The molecular formula is C14H7ClF6N2O. The fourth-order valence-corrected chi connectivity index (χ4v) is 2.00. The van der Waals surface area contributed by atoms with E-state index in [4.69, 9.17) is 11.6 Å². The smallest absolute Gasteiger partial charge is 0.305 e. The summed E-state index contributed by atoms with van der Waals surface area (Å²) in [6.45, 7) is 0. The monoisotopic (exact) mass is 368 g/mol. The SMILES string of the molecule is O=C(Nc1ncc(C(F)(F)F)cc1Cl)c1ccccc1C(F)(F)F. The molecule has 0 aliphatic carbocycles. The average Bonchev–Trinajstić information content (AvgIpc) is 2.47. The third kappa shape index (κ3) is 3.97. The van der Waals surface area contributed by atoms with Gasteiger partial charge < -0.3 is 5.32 Å². The second kappa shape index (κ2) is 6.31. The van der Waals surface area contributed by atoms with Crippen LogP contribution in [0.25, 0.3) is 0 Å². The molecular weight excluding hydrogens is 362 g/mol. The number of nitrogens with zero attached hydrogens (tertiary/aromatic N) is 1. The predicted molar refractivity (Wildman–Crippen MR) is 73.6 cm³/mol. The van der Waals surface area contributed by atoms with Gasteiger partial charge in [-0.2, -0.15) is 26.3 Å². The molecule has 0 aliphatic rings. The summed E-state index contributed by atoms with van der Waals surface area (Å²) in [5.41, 5.74) is -3.05. The zero-order valence-electron chi connectivity index (χ0n) is 11.5. The average molecular weight is 369 g/mol. The molecule has 0 bridgehead atoms. The molecule has 1 aromatic carbocycles. The number of aromatic nitrogens is 1. The van der Waals surface area contributed by atoms with Gasteiger partial charge in [-0.3, -0.25) is 4.79 Å². The number of hydrogen-bond donors (Lipinski definition) is 1. The number of benzene rings is 1. The lowest BCUT2D eigenvalue weighted by atomic mass is 10.1. The zero-order valence-corrected chi connectivity index (χ0v) is 12.2. The van der Waals surface area contributed by atoms with Gasteiger partial charge in [0.15, 0.2) is 5.82 Å². The van der Waals surface area contributed by atoms with E-state index in [0.717, 1.165) is 12.1 Å². The fraction of sp³-hybridized carbons (Fsp3) is 0.143. The number of nitrogens with one attached hydrogen (secondary N) is 1. The van der Waals surface area contributed by atoms with Gasteiger partial charge in [0.2, 0.25) is 0 Å². The van der Waals surface area contributed by atoms with E-state index in [0.29, 0.717) is 18.3 Å². The van der Waals surface area contributed by atoms with Crippen LogP contribution in [0.3, 0.4) is 0 Å². The second-order valence-corrected chi connectivity index (χ2v) is 4.96. The molecule has 10 heteroatoms. The number of carbonyl (C=O) groups is 1. The van der Waals surface area contributed by atoms with Crippen molar-refractivity contribution >= 4 is 23.3 Å². The van der Waals surface area contributed by atoms with Gasteiger partial charge in [-0.1, -0.05) is 23.7 Å². The van der Waals surface area contributed by atoms with Gasteiger partial charge in [0, 0.05) is 6.20 Å². The maximum atomic E-state index is 12.9. The van der Waals surface area contributed by atoms with Crippen LogP contribution in [0.1, 0.15) is 21.5 Å². The summed E-state index contributed by atoms with van der Waals surface area (Å²) in [7, 11) is 0. The Kier molecular flexibility index (Phi) is 4.75. The summed E-state index contributed by atoms with van der Waals surface area (Å²) in [4.78, 5) is 15.3. The lowest BCUT2D eigenvalue weighted by Gasteiger charge is -2.13. The van der Waals surface area contributed by atoms with Crippen LogP contribution in [0.5, 0.6) is 0 Å². The zero-order chi connectivity index (χ0) is 18.1. The third-order valence-electron chi connectivity index (χ3n) is 2.88. The van der Waals surface area contributed by atoms with Crippen LogP contribution < -0.4 is 5.32 Å². The van der Waals surface area contributed by atoms with Crippen molar-refractivity contribution in [1.82, 2.24) is 4.98 Å². The Balaban J connectivity index is 2.32. The Bertz CT molecular complexity index is 773. The molecule has 0 aliphatic heterocycles. The Morgan fingerprint density at radius 3 is 2.21 bits per heavy atom. The van der Waals surface area contributed by atoms with Crippen molar-refractivity contribution in [2.24, 2.45) is 0 Å². The molecule has 2 aromatic rings. The lowest BCUT2D eigenvalue weighted by Crippen LogP contribution is -2.19. The highest BCUT2D eigenvalue weighted by Gasteiger charge is 2.35. The van der Waals surface area contributed by atoms with Gasteiger partial charge in [0.05, 0.1) is 21.7 Å². The third-order valence-corrected chi connectivity index (χ3v) is 3.17. The molecule has 0 saturated heterocycles. The normalized spacial score (nSPS) is 12.1. The van der Waals surface area contributed by atoms with Crippen LogP contribution in [-0.2, 0) is 12.4 Å². The van der Waals surface area contributed by atoms with E-state index in [-0.39, 0.29) is 0 Å². The van der Waals surface area contributed by atoms with Gasteiger partial charge in [0.1, 0.15) is 0 Å². The van der Waals surface area contributed by atoms with Crippen molar-refractivity contribution in [3.8, 4) is 0 Å². The molecule has 1 heterocycles. The first-order chi connectivity index (χ1) is 11.0. The molecule has 128 valence electrons. The molecule has 0 atom stereocenters. The number of alkyl halides is 6. The Morgan fingerprint density at radius 1 is 1.04 bits per heavy atom. The van der Waals surface area contributed by atoms with Crippen molar-refractivity contribution in [3.05, 3.63) is 58.2 Å². The summed E-state index contributed by atoms with van der Waals surface area (Å²) < 4.78 is 76.1. The standard InChI is InChI=1S/C14H7ClF6N2O/c15-10-5-7(13(16,17)18)6-22-11(10)23-12(24)8-3-1-2-4-9(8)14(19,20)21/h1-6H,(H,22,23,24). The molecule has 3 nitrogen and oxygen atoms in total. The molecule has 0 radical (unpaired) electrons. The van der Waals surface area contributed by atoms with Crippen LogP contribution in [0, 0.1) is 0 Å². The minimum Gasteiger partial charge on any atom is -0.305 e. The van der Waals surface area contributed by atoms with Gasteiger partial charge >= 0.3 is 12.4 Å². The molecule has 1 amide bonds. The molecule has 0 saturated carbocycles. The van der Waals surface area contributed by atoms with Crippen molar-refractivity contribution in [2.75, 3.05) is 5.32 Å². The first kappa shape index (κ1) is 18.1. The van der Waals surface area contributed by atoms with E-state index in [1.807, 2.05) is 5.32 Å². The predicted octanol–water partition coefficient (Wildman–Crippen LogP) is 5.02. The van der Waals surface area contributed by atoms with E-state index in [9.17, 15) is 31.1 Å². The van der Waals surface area contributed by atoms with E-state index in [2.05, 4.69) is 4.98 Å². The van der Waals surface area contributed by atoms with Crippen molar-refractivity contribution in [2.45, 2.75) is 12.4 Å². The van der Waals surface area contributed by atoms with Gasteiger partial charge in [-0.15, -0.1) is 0 Å². The topological polar surface area (TPSA) is 42.0 Å². The van der Waals surface area contributed by atoms with Crippen LogP contribution in [-0.4, -0.2) is 10.9 Å². The number of hydrogen-bond acceptors (Lipinski definition) is 2. The van der Waals surface area contributed by atoms with Crippen molar-refractivity contribution in [3.63, 3.8) is 0 Å². The number of halogens is 7. The van der Waals surface area contributed by atoms with E-state index < -0.39 is 45.8 Å². The Labute approximate surface area is 136 Å². The molecule has 1 N–H and O–H groups in total. The summed E-state index contributed by atoms with van der Waals surface area (Å²) in [5.74, 6) is -1.68. The number of rotatable bonds is 2. The fourth-order valence-electron chi connectivity index (χ4n) is 1.79. The molecule has 0 unspecified atom stereocenters. The number of anilines is 1. The molecule has 1 aromatic heterocycles. The van der Waals surface area contributed by atoms with E-state index in [1.165, 1.54) is 6.07 Å². The maximum absolute atomic E-state index is 12.9. The van der Waals surface area contributed by atoms with E-state index >= 15 is 0 Å². The van der Waals surface area contributed by atoms with Crippen molar-refractivity contribution < 1.29 is 31.1 Å². The first-order valence-electron chi connectivity index (χ1n) is 6.20. The summed E-state index contributed by atoms with van der Waals surface area (Å²) in [5, 5.41) is 1.42. The van der Waals surface area contributed by atoms with Crippen LogP contribution in [0.15, 0.2) is 36.5 Å². The summed E-state index contributed by atoms with van der Waals surface area (Å²) >= 11 is 5.60. The molecule has 24 heavy (non-hydrogen) atoms. The second-order valence-electron chi connectivity index (χ2n) is 4.55. The Morgan fingerprint density at radius 2 is 1.67 bits per heavy atom.